The van der Waals surface area contributed by atoms with E-state index >= 15 is 0 Å². The first-order valence-corrected chi connectivity index (χ1v) is 8.21. The van der Waals surface area contributed by atoms with Gasteiger partial charge in [-0.15, -0.1) is 11.3 Å². The largest absolute Gasteiger partial charge is 0.312 e. The van der Waals surface area contributed by atoms with Crippen LogP contribution >= 0.6 is 27.3 Å². The average Bonchev–Trinajstić information content (AvgIpc) is 2.89. The number of benzene rings is 1. The number of rotatable bonds is 5. The lowest BCUT2D eigenvalue weighted by atomic mass is 10.1. The van der Waals surface area contributed by atoms with E-state index in [1.54, 1.807) is 11.3 Å². The molecule has 2 nitrogen and oxygen atoms in total. The van der Waals surface area contributed by atoms with Gasteiger partial charge in [-0.1, -0.05) is 24.3 Å². The first-order chi connectivity index (χ1) is 9.83. The van der Waals surface area contributed by atoms with Gasteiger partial charge in [-0.3, -0.25) is 4.98 Å². The van der Waals surface area contributed by atoms with Crippen molar-refractivity contribution in [3.8, 4) is 0 Å². The number of thiophene rings is 1. The zero-order valence-electron chi connectivity index (χ0n) is 11.0. The molecule has 102 valence electrons. The molecule has 0 aliphatic rings. The third-order valence-electron chi connectivity index (χ3n) is 3.22. The molecular formula is C16H15BrN2S. The number of halogens is 1. The molecule has 0 aliphatic heterocycles. The molecular weight excluding hydrogens is 332 g/mol. The van der Waals surface area contributed by atoms with Crippen molar-refractivity contribution in [3.05, 3.63) is 62.9 Å². The fourth-order valence-corrected chi connectivity index (χ4v) is 3.70. The molecule has 0 amide bonds. The van der Waals surface area contributed by atoms with Gasteiger partial charge in [0.1, 0.15) is 0 Å². The lowest BCUT2D eigenvalue weighted by Crippen LogP contribution is -2.16. The number of para-hydroxylation sites is 1. The predicted molar refractivity (Wildman–Crippen MR) is 89.2 cm³/mol. The molecule has 0 bridgehead atoms. The maximum absolute atomic E-state index is 4.49. The summed E-state index contributed by atoms with van der Waals surface area (Å²) < 4.78 is 1.19. The van der Waals surface area contributed by atoms with Gasteiger partial charge in [-0.05, 0) is 52.7 Å². The number of fused-ring (bicyclic) bond motifs is 1. The molecule has 2 heterocycles. The van der Waals surface area contributed by atoms with E-state index in [0.717, 1.165) is 25.0 Å². The first kappa shape index (κ1) is 13.7. The maximum Gasteiger partial charge on any atom is 0.0734 e. The van der Waals surface area contributed by atoms with Crippen molar-refractivity contribution in [1.82, 2.24) is 10.3 Å². The van der Waals surface area contributed by atoms with E-state index < -0.39 is 0 Å². The summed E-state index contributed by atoms with van der Waals surface area (Å²) >= 11 is 5.27. The van der Waals surface area contributed by atoms with Gasteiger partial charge in [-0.25, -0.2) is 0 Å². The second kappa shape index (κ2) is 6.48. The van der Waals surface area contributed by atoms with Crippen molar-refractivity contribution in [2.75, 3.05) is 6.54 Å². The van der Waals surface area contributed by atoms with E-state index in [4.69, 9.17) is 0 Å². The van der Waals surface area contributed by atoms with Gasteiger partial charge in [0.15, 0.2) is 0 Å². The number of hydrogen-bond donors (Lipinski definition) is 1. The second-order valence-corrected chi connectivity index (χ2v) is 7.17. The Morgan fingerprint density at radius 3 is 2.85 bits per heavy atom. The Bertz CT molecular complexity index is 703. The van der Waals surface area contributed by atoms with Gasteiger partial charge < -0.3 is 5.32 Å². The topological polar surface area (TPSA) is 24.9 Å². The zero-order valence-corrected chi connectivity index (χ0v) is 13.4. The van der Waals surface area contributed by atoms with Gasteiger partial charge in [0.25, 0.3) is 0 Å². The summed E-state index contributed by atoms with van der Waals surface area (Å²) in [4.78, 5) is 5.84. The Kier molecular flexibility index (Phi) is 4.45. The standard InChI is InChI=1S/C16H15BrN2S/c17-15-7-6-14(20-15)11-18-10-8-13-4-1-3-12-5-2-9-19-16(12)13/h1-7,9,18H,8,10-11H2. The smallest absolute Gasteiger partial charge is 0.0734 e. The normalized spacial score (nSPS) is 11.1. The Labute approximate surface area is 131 Å². The van der Waals surface area contributed by atoms with Crippen molar-refractivity contribution in [3.63, 3.8) is 0 Å². The molecule has 1 aromatic carbocycles. The molecule has 3 rings (SSSR count). The van der Waals surface area contributed by atoms with E-state index in [2.05, 4.69) is 62.6 Å². The van der Waals surface area contributed by atoms with Crippen LogP contribution in [0.4, 0.5) is 0 Å². The Morgan fingerprint density at radius 1 is 1.10 bits per heavy atom. The van der Waals surface area contributed by atoms with Crippen LogP contribution < -0.4 is 5.32 Å². The van der Waals surface area contributed by atoms with Gasteiger partial charge in [-0.2, -0.15) is 0 Å². The van der Waals surface area contributed by atoms with Crippen LogP contribution in [0.1, 0.15) is 10.4 Å². The highest BCUT2D eigenvalue weighted by atomic mass is 79.9. The molecule has 0 saturated carbocycles. The van der Waals surface area contributed by atoms with Crippen LogP contribution in [-0.2, 0) is 13.0 Å². The van der Waals surface area contributed by atoms with Crippen LogP contribution in [0, 0.1) is 0 Å². The van der Waals surface area contributed by atoms with Crippen LogP contribution in [0.2, 0.25) is 0 Å². The third-order valence-corrected chi connectivity index (χ3v) is 4.84. The molecule has 1 N–H and O–H groups in total. The summed E-state index contributed by atoms with van der Waals surface area (Å²) in [6.07, 6.45) is 2.86. The van der Waals surface area contributed by atoms with Crippen molar-refractivity contribution in [2.45, 2.75) is 13.0 Å². The highest BCUT2D eigenvalue weighted by Crippen LogP contribution is 2.21. The first-order valence-electron chi connectivity index (χ1n) is 6.60. The summed E-state index contributed by atoms with van der Waals surface area (Å²) in [7, 11) is 0. The fraction of sp³-hybridized carbons (Fsp3) is 0.188. The highest BCUT2D eigenvalue weighted by molar-refractivity contribution is 9.11. The Balaban J connectivity index is 1.60. The summed E-state index contributed by atoms with van der Waals surface area (Å²) in [5.41, 5.74) is 2.43. The van der Waals surface area contributed by atoms with Crippen molar-refractivity contribution in [1.29, 1.82) is 0 Å². The number of hydrogen-bond acceptors (Lipinski definition) is 3. The van der Waals surface area contributed by atoms with Gasteiger partial charge in [0, 0.05) is 23.0 Å². The lowest BCUT2D eigenvalue weighted by molar-refractivity contribution is 0.695. The maximum atomic E-state index is 4.49. The Morgan fingerprint density at radius 2 is 2.00 bits per heavy atom. The summed E-state index contributed by atoms with van der Waals surface area (Å²) in [6.45, 7) is 1.89. The summed E-state index contributed by atoms with van der Waals surface area (Å²) in [5, 5.41) is 4.70. The minimum atomic E-state index is 0.925. The lowest BCUT2D eigenvalue weighted by Gasteiger charge is -2.06. The Hall–Kier alpha value is -1.23. The van der Waals surface area contributed by atoms with Gasteiger partial charge in [0.2, 0.25) is 0 Å². The van der Waals surface area contributed by atoms with E-state index in [1.807, 2.05) is 12.3 Å². The molecule has 0 unspecified atom stereocenters. The fourth-order valence-electron chi connectivity index (χ4n) is 2.25. The monoisotopic (exact) mass is 346 g/mol. The number of nitrogens with one attached hydrogen (secondary N) is 1. The molecule has 2 aromatic heterocycles. The van der Waals surface area contributed by atoms with Crippen LogP contribution in [0.3, 0.4) is 0 Å². The SMILES string of the molecule is Brc1ccc(CNCCc2cccc3cccnc23)s1. The van der Waals surface area contributed by atoms with E-state index in [1.165, 1.54) is 19.6 Å². The highest BCUT2D eigenvalue weighted by Gasteiger charge is 2.02. The van der Waals surface area contributed by atoms with Crippen LogP contribution in [0.5, 0.6) is 0 Å². The third kappa shape index (κ3) is 3.26. The molecule has 3 aromatic rings. The van der Waals surface area contributed by atoms with Crippen molar-refractivity contribution >= 4 is 38.2 Å². The molecule has 0 fully saturated rings. The minimum absolute atomic E-state index is 0.925. The van der Waals surface area contributed by atoms with E-state index in [-0.39, 0.29) is 0 Å². The van der Waals surface area contributed by atoms with Gasteiger partial charge in [0.05, 0.1) is 9.30 Å². The number of pyridine rings is 1. The second-order valence-electron chi connectivity index (χ2n) is 4.62. The van der Waals surface area contributed by atoms with Crippen LogP contribution in [0.25, 0.3) is 10.9 Å². The van der Waals surface area contributed by atoms with Crippen LogP contribution in [0.15, 0.2) is 52.4 Å². The molecule has 20 heavy (non-hydrogen) atoms. The van der Waals surface area contributed by atoms with E-state index in [9.17, 15) is 0 Å². The number of nitrogens with zero attached hydrogens (tertiary/aromatic N) is 1. The molecule has 0 atom stereocenters. The molecule has 0 spiro atoms. The average molecular weight is 347 g/mol. The quantitative estimate of drug-likeness (QED) is 0.693. The molecule has 0 aliphatic carbocycles. The summed E-state index contributed by atoms with van der Waals surface area (Å²) in [5.74, 6) is 0. The van der Waals surface area contributed by atoms with Crippen LogP contribution in [-0.4, -0.2) is 11.5 Å². The van der Waals surface area contributed by atoms with E-state index in [0.29, 0.717) is 0 Å². The molecule has 4 heteroatoms. The number of aromatic nitrogens is 1. The van der Waals surface area contributed by atoms with Crippen molar-refractivity contribution in [2.24, 2.45) is 0 Å². The zero-order chi connectivity index (χ0) is 13.8. The van der Waals surface area contributed by atoms with Crippen molar-refractivity contribution < 1.29 is 0 Å². The minimum Gasteiger partial charge on any atom is -0.312 e. The predicted octanol–water partition coefficient (Wildman–Crippen LogP) is 4.39. The molecule has 0 radical (unpaired) electrons. The summed E-state index contributed by atoms with van der Waals surface area (Å²) in [6, 6.07) is 14.7. The molecule has 0 saturated heterocycles. The van der Waals surface area contributed by atoms with Gasteiger partial charge >= 0.3 is 0 Å².